The first-order valence-electron chi connectivity index (χ1n) is 5.66. The third kappa shape index (κ3) is 2.83. The molecule has 1 atom stereocenters. The average molecular weight is 286 g/mol. The van der Waals surface area contributed by atoms with E-state index in [0.29, 0.717) is 21.8 Å². The minimum absolute atomic E-state index is 0.199. The summed E-state index contributed by atoms with van der Waals surface area (Å²) in [5, 5.41) is 4.82. The number of benzene rings is 1. The summed E-state index contributed by atoms with van der Waals surface area (Å²) in [5.74, 6) is 0.910. The first kappa shape index (κ1) is 13.3. The highest BCUT2D eigenvalue weighted by Crippen LogP contribution is 2.28. The van der Waals surface area contributed by atoms with Gasteiger partial charge in [0.15, 0.2) is 5.82 Å². The molecule has 0 saturated carbocycles. The maximum Gasteiger partial charge on any atom is 0.258 e. The monoisotopic (exact) mass is 285 g/mol. The molecule has 6 heteroatoms. The van der Waals surface area contributed by atoms with Crippen LogP contribution in [-0.4, -0.2) is 10.1 Å². The molecule has 2 N–H and O–H groups in total. The van der Waals surface area contributed by atoms with Crippen LogP contribution >= 0.6 is 23.2 Å². The molecule has 2 aromatic rings. The van der Waals surface area contributed by atoms with Crippen molar-refractivity contribution in [3.8, 4) is 11.5 Å². The first-order valence-corrected chi connectivity index (χ1v) is 6.42. The Labute approximate surface area is 115 Å². The van der Waals surface area contributed by atoms with Gasteiger partial charge in [-0.2, -0.15) is 4.98 Å². The summed E-state index contributed by atoms with van der Waals surface area (Å²) in [6.45, 7) is 2.06. The molecular formula is C12H13Cl2N3O. The SMILES string of the molecule is CCCC(N)c1noc(-c2ccc(Cl)c(Cl)c2)n1. The van der Waals surface area contributed by atoms with Crippen LogP contribution in [0.25, 0.3) is 11.5 Å². The second-order valence-electron chi connectivity index (χ2n) is 3.98. The zero-order chi connectivity index (χ0) is 13.1. The number of aromatic nitrogens is 2. The normalized spacial score (nSPS) is 12.7. The van der Waals surface area contributed by atoms with E-state index in [1.165, 1.54) is 0 Å². The predicted molar refractivity (Wildman–Crippen MR) is 71.6 cm³/mol. The molecule has 0 amide bonds. The molecule has 1 aromatic carbocycles. The van der Waals surface area contributed by atoms with Crippen LogP contribution in [0, 0.1) is 0 Å². The molecule has 96 valence electrons. The van der Waals surface area contributed by atoms with Crippen molar-refractivity contribution >= 4 is 23.2 Å². The fourth-order valence-corrected chi connectivity index (χ4v) is 1.87. The van der Waals surface area contributed by atoms with E-state index >= 15 is 0 Å². The Hall–Kier alpha value is -1.10. The van der Waals surface area contributed by atoms with Crippen molar-refractivity contribution < 1.29 is 4.52 Å². The largest absolute Gasteiger partial charge is 0.334 e. The molecule has 1 heterocycles. The summed E-state index contributed by atoms with van der Waals surface area (Å²) in [6, 6.07) is 4.95. The molecule has 0 saturated heterocycles. The van der Waals surface area contributed by atoms with E-state index in [2.05, 4.69) is 17.1 Å². The van der Waals surface area contributed by atoms with Crippen LogP contribution < -0.4 is 5.73 Å². The topological polar surface area (TPSA) is 64.9 Å². The summed E-state index contributed by atoms with van der Waals surface area (Å²) in [7, 11) is 0. The van der Waals surface area contributed by atoms with E-state index in [1.807, 2.05) is 0 Å². The van der Waals surface area contributed by atoms with Crippen molar-refractivity contribution in [2.24, 2.45) is 5.73 Å². The van der Waals surface area contributed by atoms with Gasteiger partial charge in [0.1, 0.15) is 0 Å². The zero-order valence-corrected chi connectivity index (χ0v) is 11.4. The van der Waals surface area contributed by atoms with Gasteiger partial charge in [-0.25, -0.2) is 0 Å². The lowest BCUT2D eigenvalue weighted by Crippen LogP contribution is -2.11. The Morgan fingerprint density at radius 1 is 1.33 bits per heavy atom. The molecular weight excluding hydrogens is 273 g/mol. The molecule has 0 fully saturated rings. The molecule has 0 aliphatic rings. The molecule has 0 spiro atoms. The van der Waals surface area contributed by atoms with Gasteiger partial charge in [0.25, 0.3) is 5.89 Å². The van der Waals surface area contributed by atoms with E-state index in [9.17, 15) is 0 Å². The number of rotatable bonds is 4. The summed E-state index contributed by atoms with van der Waals surface area (Å²) in [4.78, 5) is 4.27. The predicted octanol–water partition coefficient (Wildman–Crippen LogP) is 3.84. The van der Waals surface area contributed by atoms with E-state index in [0.717, 1.165) is 18.4 Å². The lowest BCUT2D eigenvalue weighted by molar-refractivity contribution is 0.413. The van der Waals surface area contributed by atoms with Gasteiger partial charge >= 0.3 is 0 Å². The van der Waals surface area contributed by atoms with E-state index in [-0.39, 0.29) is 6.04 Å². The summed E-state index contributed by atoms with van der Waals surface area (Å²) >= 11 is 11.8. The Balaban J connectivity index is 2.26. The Morgan fingerprint density at radius 2 is 2.11 bits per heavy atom. The van der Waals surface area contributed by atoms with E-state index in [1.54, 1.807) is 18.2 Å². The molecule has 18 heavy (non-hydrogen) atoms. The van der Waals surface area contributed by atoms with Gasteiger partial charge in [0.05, 0.1) is 16.1 Å². The van der Waals surface area contributed by atoms with Crippen LogP contribution in [0.15, 0.2) is 22.7 Å². The summed E-state index contributed by atoms with van der Waals surface area (Å²) in [5.41, 5.74) is 6.65. The Morgan fingerprint density at radius 3 is 2.78 bits per heavy atom. The first-order chi connectivity index (χ1) is 8.61. The molecule has 0 aliphatic heterocycles. The van der Waals surface area contributed by atoms with Crippen molar-refractivity contribution in [3.63, 3.8) is 0 Å². The van der Waals surface area contributed by atoms with Crippen molar-refractivity contribution in [2.45, 2.75) is 25.8 Å². The second-order valence-corrected chi connectivity index (χ2v) is 4.80. The van der Waals surface area contributed by atoms with Crippen LogP contribution in [0.3, 0.4) is 0 Å². The van der Waals surface area contributed by atoms with Gasteiger partial charge in [0.2, 0.25) is 0 Å². The highest BCUT2D eigenvalue weighted by atomic mass is 35.5. The van der Waals surface area contributed by atoms with Crippen LogP contribution in [0.5, 0.6) is 0 Å². The number of hydrogen-bond donors (Lipinski definition) is 1. The van der Waals surface area contributed by atoms with Gasteiger partial charge in [-0.1, -0.05) is 41.7 Å². The van der Waals surface area contributed by atoms with Crippen molar-refractivity contribution in [1.29, 1.82) is 0 Å². The molecule has 4 nitrogen and oxygen atoms in total. The number of halogens is 2. The van der Waals surface area contributed by atoms with Crippen molar-refractivity contribution in [1.82, 2.24) is 10.1 Å². The Bertz CT molecular complexity index is 542. The van der Waals surface area contributed by atoms with E-state index in [4.69, 9.17) is 33.5 Å². The van der Waals surface area contributed by atoms with Crippen LogP contribution in [-0.2, 0) is 0 Å². The minimum Gasteiger partial charge on any atom is -0.334 e. The third-order valence-corrected chi connectivity index (χ3v) is 3.28. The van der Waals surface area contributed by atoms with Gasteiger partial charge in [0, 0.05) is 5.56 Å². The van der Waals surface area contributed by atoms with Gasteiger partial charge in [-0.05, 0) is 24.6 Å². The smallest absolute Gasteiger partial charge is 0.258 e. The lowest BCUT2D eigenvalue weighted by atomic mass is 10.2. The zero-order valence-electron chi connectivity index (χ0n) is 9.86. The summed E-state index contributed by atoms with van der Waals surface area (Å²) in [6.07, 6.45) is 1.79. The van der Waals surface area contributed by atoms with Crippen molar-refractivity contribution in [3.05, 3.63) is 34.1 Å². The van der Waals surface area contributed by atoms with Crippen LogP contribution in [0.1, 0.15) is 31.6 Å². The van der Waals surface area contributed by atoms with Gasteiger partial charge in [-0.15, -0.1) is 0 Å². The Kier molecular flexibility index (Phi) is 4.22. The fourth-order valence-electron chi connectivity index (χ4n) is 1.57. The average Bonchev–Trinajstić information content (AvgIpc) is 2.82. The lowest BCUT2D eigenvalue weighted by Gasteiger charge is -2.02. The minimum atomic E-state index is -0.199. The fraction of sp³-hybridized carbons (Fsp3) is 0.333. The quantitative estimate of drug-likeness (QED) is 0.927. The maximum atomic E-state index is 5.94. The van der Waals surface area contributed by atoms with Gasteiger partial charge < -0.3 is 10.3 Å². The number of nitrogens with two attached hydrogens (primary N) is 1. The highest BCUT2D eigenvalue weighted by molar-refractivity contribution is 6.42. The van der Waals surface area contributed by atoms with Gasteiger partial charge in [-0.3, -0.25) is 0 Å². The summed E-state index contributed by atoms with van der Waals surface area (Å²) < 4.78 is 5.17. The van der Waals surface area contributed by atoms with Crippen LogP contribution in [0.2, 0.25) is 10.0 Å². The number of hydrogen-bond acceptors (Lipinski definition) is 4. The maximum absolute atomic E-state index is 5.94. The second kappa shape index (κ2) is 5.69. The molecule has 1 unspecified atom stereocenters. The number of nitrogens with zero attached hydrogens (tertiary/aromatic N) is 2. The highest BCUT2D eigenvalue weighted by Gasteiger charge is 2.15. The third-order valence-electron chi connectivity index (χ3n) is 2.54. The molecule has 0 bridgehead atoms. The van der Waals surface area contributed by atoms with Crippen molar-refractivity contribution in [2.75, 3.05) is 0 Å². The molecule has 1 aromatic heterocycles. The standard InChI is InChI=1S/C12H13Cl2N3O/c1-2-3-10(15)11-16-12(18-17-11)7-4-5-8(13)9(14)6-7/h4-6,10H,2-3,15H2,1H3. The molecule has 0 radical (unpaired) electrons. The van der Waals surface area contributed by atoms with E-state index < -0.39 is 0 Å². The molecule has 0 aliphatic carbocycles. The molecule has 2 rings (SSSR count). The van der Waals surface area contributed by atoms with Crippen LogP contribution in [0.4, 0.5) is 0 Å².